The van der Waals surface area contributed by atoms with Gasteiger partial charge >= 0.3 is 0 Å². The summed E-state index contributed by atoms with van der Waals surface area (Å²) in [5, 5.41) is 0. The molecule has 0 N–H and O–H groups in total. The summed E-state index contributed by atoms with van der Waals surface area (Å²) in [5.74, 6) is 1.11. The summed E-state index contributed by atoms with van der Waals surface area (Å²) in [6.07, 6.45) is 3.84. The van der Waals surface area contributed by atoms with Crippen molar-refractivity contribution in [1.29, 1.82) is 0 Å². The second-order valence-corrected chi connectivity index (χ2v) is 4.24. The van der Waals surface area contributed by atoms with Crippen molar-refractivity contribution in [3.8, 4) is 0 Å². The van der Waals surface area contributed by atoms with E-state index in [1.165, 1.54) is 5.56 Å². The normalized spacial score (nSPS) is 11.0. The summed E-state index contributed by atoms with van der Waals surface area (Å²) in [6, 6.07) is 10.6. The zero-order chi connectivity index (χ0) is 12.1. The fraction of sp³-hybridized carbons (Fsp3) is 0.357. The minimum atomic E-state index is 0.898. The first-order valence-electron chi connectivity index (χ1n) is 6.02. The monoisotopic (exact) mass is 229 g/mol. The molecule has 0 aliphatic heterocycles. The maximum absolute atomic E-state index is 4.37. The molecule has 0 saturated carbocycles. The molecule has 0 aliphatic carbocycles. The molecule has 0 atom stereocenters. The largest absolute Gasteiger partial charge is 0.337 e. The summed E-state index contributed by atoms with van der Waals surface area (Å²) < 4.78 is 2.08. The summed E-state index contributed by atoms with van der Waals surface area (Å²) in [7, 11) is 2.04. The van der Waals surface area contributed by atoms with Crippen LogP contribution < -0.4 is 0 Å². The lowest BCUT2D eigenvalue weighted by Gasteiger charge is -2.20. The van der Waals surface area contributed by atoms with E-state index in [-0.39, 0.29) is 0 Å². The Labute approximate surface area is 103 Å². The van der Waals surface area contributed by atoms with Crippen molar-refractivity contribution in [3.63, 3.8) is 0 Å². The molecule has 0 radical (unpaired) electrons. The second-order valence-electron chi connectivity index (χ2n) is 4.24. The molecule has 2 rings (SSSR count). The standard InChI is InChI=1S/C14H19N3/c1-3-17(11-13-7-5-4-6-8-13)12-14-15-9-10-16(14)2/h4-10H,3,11-12H2,1-2H3. The van der Waals surface area contributed by atoms with E-state index in [1.54, 1.807) is 0 Å². The van der Waals surface area contributed by atoms with Gasteiger partial charge in [-0.05, 0) is 12.1 Å². The highest BCUT2D eigenvalue weighted by molar-refractivity contribution is 5.14. The van der Waals surface area contributed by atoms with Crippen LogP contribution in [0.4, 0.5) is 0 Å². The summed E-state index contributed by atoms with van der Waals surface area (Å²) >= 11 is 0. The van der Waals surface area contributed by atoms with E-state index in [0.29, 0.717) is 0 Å². The lowest BCUT2D eigenvalue weighted by atomic mass is 10.2. The zero-order valence-electron chi connectivity index (χ0n) is 10.5. The van der Waals surface area contributed by atoms with E-state index in [1.807, 2.05) is 19.4 Å². The third kappa shape index (κ3) is 3.17. The van der Waals surface area contributed by atoms with Crippen molar-refractivity contribution < 1.29 is 0 Å². The van der Waals surface area contributed by atoms with Gasteiger partial charge in [0.2, 0.25) is 0 Å². The minimum absolute atomic E-state index is 0.898. The van der Waals surface area contributed by atoms with Gasteiger partial charge in [0.05, 0.1) is 6.54 Å². The Morgan fingerprint density at radius 3 is 2.53 bits per heavy atom. The third-order valence-corrected chi connectivity index (χ3v) is 2.98. The Morgan fingerprint density at radius 2 is 1.94 bits per heavy atom. The van der Waals surface area contributed by atoms with Gasteiger partial charge in [-0.1, -0.05) is 37.3 Å². The maximum atomic E-state index is 4.37. The number of aromatic nitrogens is 2. The quantitative estimate of drug-likeness (QED) is 0.785. The molecule has 0 amide bonds. The Bertz CT molecular complexity index is 448. The number of nitrogens with zero attached hydrogens (tertiary/aromatic N) is 3. The molecule has 0 unspecified atom stereocenters. The number of rotatable bonds is 5. The van der Waals surface area contributed by atoms with Gasteiger partial charge in [-0.25, -0.2) is 4.98 Å². The Kier molecular flexibility index (Phi) is 3.94. The van der Waals surface area contributed by atoms with Crippen LogP contribution in [0.2, 0.25) is 0 Å². The topological polar surface area (TPSA) is 21.1 Å². The van der Waals surface area contributed by atoms with Gasteiger partial charge in [0.15, 0.2) is 0 Å². The summed E-state index contributed by atoms with van der Waals surface area (Å²) in [4.78, 5) is 6.75. The van der Waals surface area contributed by atoms with Crippen LogP contribution in [0.3, 0.4) is 0 Å². The van der Waals surface area contributed by atoms with Crippen molar-refractivity contribution in [1.82, 2.24) is 14.5 Å². The van der Waals surface area contributed by atoms with E-state index in [9.17, 15) is 0 Å². The minimum Gasteiger partial charge on any atom is -0.337 e. The highest BCUT2D eigenvalue weighted by atomic mass is 15.2. The number of benzene rings is 1. The van der Waals surface area contributed by atoms with Crippen LogP contribution in [-0.4, -0.2) is 21.0 Å². The Hall–Kier alpha value is -1.61. The number of imidazole rings is 1. The maximum Gasteiger partial charge on any atom is 0.122 e. The fourth-order valence-corrected chi connectivity index (χ4v) is 1.87. The summed E-state index contributed by atoms with van der Waals surface area (Å²) in [6.45, 7) is 5.09. The zero-order valence-corrected chi connectivity index (χ0v) is 10.5. The van der Waals surface area contributed by atoms with Crippen molar-refractivity contribution in [2.24, 2.45) is 7.05 Å². The predicted molar refractivity (Wildman–Crippen MR) is 69.4 cm³/mol. The molecule has 17 heavy (non-hydrogen) atoms. The van der Waals surface area contributed by atoms with Gasteiger partial charge in [0, 0.05) is 26.0 Å². The molecule has 2 aromatic rings. The number of aryl methyl sites for hydroxylation is 1. The number of hydrogen-bond acceptors (Lipinski definition) is 2. The molecule has 1 aromatic heterocycles. The van der Waals surface area contributed by atoms with Crippen molar-refractivity contribution >= 4 is 0 Å². The van der Waals surface area contributed by atoms with Gasteiger partial charge < -0.3 is 4.57 Å². The van der Waals surface area contributed by atoms with Crippen LogP contribution in [0, 0.1) is 0 Å². The molecule has 0 saturated heterocycles. The van der Waals surface area contributed by atoms with Crippen LogP contribution in [0.15, 0.2) is 42.7 Å². The highest BCUT2D eigenvalue weighted by Crippen LogP contribution is 2.07. The Morgan fingerprint density at radius 1 is 1.18 bits per heavy atom. The van der Waals surface area contributed by atoms with Crippen LogP contribution >= 0.6 is 0 Å². The molecule has 0 fully saturated rings. The fourth-order valence-electron chi connectivity index (χ4n) is 1.87. The van der Waals surface area contributed by atoms with E-state index in [0.717, 1.165) is 25.5 Å². The SMILES string of the molecule is CCN(Cc1ccccc1)Cc1nccn1C. The molecular weight excluding hydrogens is 210 g/mol. The van der Waals surface area contributed by atoms with Crippen molar-refractivity contribution in [2.75, 3.05) is 6.54 Å². The molecule has 3 heteroatoms. The van der Waals surface area contributed by atoms with E-state index >= 15 is 0 Å². The average molecular weight is 229 g/mol. The first-order chi connectivity index (χ1) is 8.29. The van der Waals surface area contributed by atoms with Crippen molar-refractivity contribution in [2.45, 2.75) is 20.0 Å². The van der Waals surface area contributed by atoms with Gasteiger partial charge in [-0.3, -0.25) is 4.90 Å². The molecule has 3 nitrogen and oxygen atoms in total. The molecule has 90 valence electrons. The van der Waals surface area contributed by atoms with Gasteiger partial charge in [-0.2, -0.15) is 0 Å². The summed E-state index contributed by atoms with van der Waals surface area (Å²) in [5.41, 5.74) is 1.35. The Balaban J connectivity index is 2.00. The van der Waals surface area contributed by atoms with Crippen LogP contribution in [0.1, 0.15) is 18.3 Å². The van der Waals surface area contributed by atoms with Crippen LogP contribution in [0.5, 0.6) is 0 Å². The second kappa shape index (κ2) is 5.64. The lowest BCUT2D eigenvalue weighted by molar-refractivity contribution is 0.262. The van der Waals surface area contributed by atoms with Gasteiger partial charge in [0.1, 0.15) is 5.82 Å². The predicted octanol–water partition coefficient (Wildman–Crippen LogP) is 2.44. The van der Waals surface area contributed by atoms with Crippen molar-refractivity contribution in [3.05, 3.63) is 54.1 Å². The first-order valence-corrected chi connectivity index (χ1v) is 6.02. The molecule has 0 spiro atoms. The smallest absolute Gasteiger partial charge is 0.122 e. The number of hydrogen-bond donors (Lipinski definition) is 0. The molecule has 0 aliphatic rings. The molecular formula is C14H19N3. The van der Waals surface area contributed by atoms with Crippen LogP contribution in [0.25, 0.3) is 0 Å². The molecule has 1 heterocycles. The van der Waals surface area contributed by atoms with Crippen LogP contribution in [-0.2, 0) is 20.1 Å². The van der Waals surface area contributed by atoms with E-state index < -0.39 is 0 Å². The first kappa shape index (κ1) is 11.9. The average Bonchev–Trinajstić information content (AvgIpc) is 2.75. The van der Waals surface area contributed by atoms with Gasteiger partial charge in [-0.15, -0.1) is 0 Å². The van der Waals surface area contributed by atoms with E-state index in [4.69, 9.17) is 0 Å². The lowest BCUT2D eigenvalue weighted by Crippen LogP contribution is -2.23. The van der Waals surface area contributed by atoms with Gasteiger partial charge in [0.25, 0.3) is 0 Å². The molecule has 1 aromatic carbocycles. The molecule has 0 bridgehead atoms. The third-order valence-electron chi connectivity index (χ3n) is 2.98. The van der Waals surface area contributed by atoms with E-state index in [2.05, 4.69) is 51.7 Å². The highest BCUT2D eigenvalue weighted by Gasteiger charge is 2.07.